The Bertz CT molecular complexity index is 575. The molecular formula is C16H30N4O8S. The number of hydrogen-bond acceptors (Lipinski definition) is 9. The number of aliphatic hydroxyl groups excluding tert-OH is 3. The van der Waals surface area contributed by atoms with Gasteiger partial charge in [-0.25, -0.2) is 4.79 Å². The summed E-state index contributed by atoms with van der Waals surface area (Å²) in [5.41, 5.74) is 5.72. The Labute approximate surface area is 172 Å². The van der Waals surface area contributed by atoms with E-state index in [1.165, 1.54) is 18.7 Å². The van der Waals surface area contributed by atoms with Crippen molar-refractivity contribution in [3.63, 3.8) is 0 Å². The van der Waals surface area contributed by atoms with E-state index in [1.54, 1.807) is 0 Å². The van der Waals surface area contributed by atoms with E-state index in [0.717, 1.165) is 6.92 Å². The summed E-state index contributed by atoms with van der Waals surface area (Å²) in [7, 11) is 0. The fourth-order valence-corrected chi connectivity index (χ4v) is 2.63. The molecule has 0 aromatic carbocycles. The Morgan fingerprint density at radius 2 is 1.45 bits per heavy atom. The van der Waals surface area contributed by atoms with Gasteiger partial charge in [0.1, 0.15) is 12.1 Å². The lowest BCUT2D eigenvalue weighted by atomic mass is 10.1. The quantitative estimate of drug-likeness (QED) is 0.141. The van der Waals surface area contributed by atoms with Crippen LogP contribution in [0, 0.1) is 0 Å². The molecule has 0 saturated carbocycles. The number of carbonyl (C=O) groups excluding carboxylic acids is 3. The van der Waals surface area contributed by atoms with E-state index < -0.39 is 66.7 Å². The van der Waals surface area contributed by atoms with Crippen LogP contribution in [0.2, 0.25) is 0 Å². The highest BCUT2D eigenvalue weighted by Gasteiger charge is 2.33. The first kappa shape index (κ1) is 27.1. The number of carboxylic acid groups (broad SMARTS) is 1. The number of thioether (sulfide) groups is 1. The zero-order valence-electron chi connectivity index (χ0n) is 16.5. The average Bonchev–Trinajstić information content (AvgIpc) is 2.64. The van der Waals surface area contributed by atoms with Crippen molar-refractivity contribution >= 4 is 35.5 Å². The topological polar surface area (TPSA) is 211 Å². The molecular weight excluding hydrogens is 408 g/mol. The Morgan fingerprint density at radius 3 is 1.86 bits per heavy atom. The van der Waals surface area contributed by atoms with Crippen molar-refractivity contribution < 1.29 is 39.6 Å². The fourth-order valence-electron chi connectivity index (χ4n) is 2.14. The number of nitrogens with one attached hydrogen (secondary N) is 3. The molecule has 13 heteroatoms. The summed E-state index contributed by atoms with van der Waals surface area (Å²) in [6.45, 7) is 1.49. The third-order valence-electron chi connectivity index (χ3n) is 3.89. The smallest absolute Gasteiger partial charge is 0.328 e. The number of aliphatic carboxylic acids is 1. The summed E-state index contributed by atoms with van der Waals surface area (Å²) in [4.78, 5) is 47.7. The maximum Gasteiger partial charge on any atom is 0.328 e. The van der Waals surface area contributed by atoms with E-state index in [1.807, 2.05) is 11.6 Å². The van der Waals surface area contributed by atoms with Crippen molar-refractivity contribution in [1.82, 2.24) is 16.0 Å². The van der Waals surface area contributed by atoms with Crippen LogP contribution in [-0.2, 0) is 19.2 Å². The van der Waals surface area contributed by atoms with Crippen molar-refractivity contribution in [3.05, 3.63) is 0 Å². The van der Waals surface area contributed by atoms with Gasteiger partial charge in [0.05, 0.1) is 24.9 Å². The number of carboxylic acids is 1. The molecule has 0 spiro atoms. The van der Waals surface area contributed by atoms with Gasteiger partial charge in [0, 0.05) is 0 Å². The van der Waals surface area contributed by atoms with Crippen molar-refractivity contribution in [1.29, 1.82) is 0 Å². The SMILES string of the molecule is CSCCC(N)C(=O)NC(C(=O)NC(CO)C(=O)NC(C(=O)O)C(C)O)C(C)O. The first-order valence-corrected chi connectivity index (χ1v) is 10.2. The van der Waals surface area contributed by atoms with Crippen LogP contribution < -0.4 is 21.7 Å². The van der Waals surface area contributed by atoms with E-state index in [-0.39, 0.29) is 0 Å². The lowest BCUT2D eigenvalue weighted by Crippen LogP contribution is -2.61. The molecule has 0 aliphatic carbocycles. The molecule has 0 fully saturated rings. The molecule has 0 bridgehead atoms. The monoisotopic (exact) mass is 438 g/mol. The van der Waals surface area contributed by atoms with Crippen molar-refractivity contribution in [2.45, 2.75) is 56.6 Å². The Kier molecular flexibility index (Phi) is 12.4. The molecule has 0 radical (unpaired) electrons. The van der Waals surface area contributed by atoms with E-state index in [2.05, 4.69) is 10.6 Å². The van der Waals surface area contributed by atoms with Crippen molar-refractivity contribution in [3.8, 4) is 0 Å². The summed E-state index contributed by atoms with van der Waals surface area (Å²) >= 11 is 1.48. The maximum atomic E-state index is 12.4. The van der Waals surface area contributed by atoms with Gasteiger partial charge in [-0.1, -0.05) is 0 Å². The summed E-state index contributed by atoms with van der Waals surface area (Å²) in [6.07, 6.45) is -0.598. The molecule has 0 aromatic rings. The second-order valence-corrected chi connectivity index (χ2v) is 7.41. The standard InChI is InChI=1S/C16H30N4O8S/c1-7(22)11(19-13(24)9(17)4-5-29-3)15(26)18-10(6-21)14(25)20-12(8(2)23)16(27)28/h7-12,21-23H,4-6,17H2,1-3H3,(H,18,26)(H,19,24)(H,20,25)(H,27,28). The predicted molar refractivity (Wildman–Crippen MR) is 105 cm³/mol. The van der Waals surface area contributed by atoms with Gasteiger partial charge in [-0.15, -0.1) is 0 Å². The zero-order valence-corrected chi connectivity index (χ0v) is 17.3. The molecule has 0 aliphatic heterocycles. The predicted octanol–water partition coefficient (Wildman–Crippen LogP) is -3.64. The lowest BCUT2D eigenvalue weighted by molar-refractivity contribution is -0.145. The van der Waals surface area contributed by atoms with Gasteiger partial charge in [-0.05, 0) is 32.3 Å². The summed E-state index contributed by atoms with van der Waals surface area (Å²) in [5.74, 6) is -3.62. The van der Waals surface area contributed by atoms with Crippen molar-refractivity contribution in [2.24, 2.45) is 5.73 Å². The van der Waals surface area contributed by atoms with Crippen LogP contribution in [0.25, 0.3) is 0 Å². The third kappa shape index (κ3) is 9.41. The maximum absolute atomic E-state index is 12.4. The fraction of sp³-hybridized carbons (Fsp3) is 0.750. The highest BCUT2D eigenvalue weighted by molar-refractivity contribution is 7.98. The Balaban J connectivity index is 5.10. The highest BCUT2D eigenvalue weighted by Crippen LogP contribution is 2.02. The van der Waals surface area contributed by atoms with E-state index >= 15 is 0 Å². The largest absolute Gasteiger partial charge is 0.480 e. The molecule has 0 saturated heterocycles. The number of carbonyl (C=O) groups is 4. The van der Waals surface area contributed by atoms with Gasteiger partial charge in [0.15, 0.2) is 6.04 Å². The van der Waals surface area contributed by atoms with Gasteiger partial charge < -0.3 is 42.1 Å². The van der Waals surface area contributed by atoms with Gasteiger partial charge in [-0.3, -0.25) is 14.4 Å². The summed E-state index contributed by atoms with van der Waals surface area (Å²) in [5, 5.41) is 44.0. The van der Waals surface area contributed by atoms with E-state index in [9.17, 15) is 34.5 Å². The summed E-state index contributed by atoms with van der Waals surface area (Å²) in [6, 6.07) is -5.60. The van der Waals surface area contributed by atoms with Gasteiger partial charge >= 0.3 is 5.97 Å². The molecule has 0 aromatic heterocycles. The number of hydrogen-bond donors (Lipinski definition) is 8. The number of nitrogens with two attached hydrogens (primary N) is 1. The molecule has 29 heavy (non-hydrogen) atoms. The molecule has 6 unspecified atom stereocenters. The molecule has 168 valence electrons. The van der Waals surface area contributed by atoms with E-state index in [0.29, 0.717) is 12.2 Å². The Morgan fingerprint density at radius 1 is 0.931 bits per heavy atom. The first-order valence-electron chi connectivity index (χ1n) is 8.81. The normalized spacial score (nSPS) is 17.2. The van der Waals surface area contributed by atoms with Crippen LogP contribution in [0.5, 0.6) is 0 Å². The zero-order chi connectivity index (χ0) is 22.7. The second-order valence-electron chi connectivity index (χ2n) is 6.42. The number of rotatable bonds is 13. The van der Waals surface area contributed by atoms with Crippen LogP contribution in [0.4, 0.5) is 0 Å². The van der Waals surface area contributed by atoms with E-state index in [4.69, 9.17) is 10.8 Å². The molecule has 0 rings (SSSR count). The molecule has 0 heterocycles. The first-order chi connectivity index (χ1) is 13.5. The lowest BCUT2D eigenvalue weighted by Gasteiger charge is -2.26. The van der Waals surface area contributed by atoms with Crippen LogP contribution >= 0.6 is 11.8 Å². The minimum Gasteiger partial charge on any atom is -0.480 e. The van der Waals surface area contributed by atoms with Crippen LogP contribution in [0.15, 0.2) is 0 Å². The van der Waals surface area contributed by atoms with Crippen LogP contribution in [-0.4, -0.2) is 99.1 Å². The van der Waals surface area contributed by atoms with Gasteiger partial charge in [0.25, 0.3) is 0 Å². The third-order valence-corrected chi connectivity index (χ3v) is 4.54. The van der Waals surface area contributed by atoms with Gasteiger partial charge in [0.2, 0.25) is 17.7 Å². The minimum atomic E-state index is -1.66. The molecule has 0 aliphatic rings. The Hall–Kier alpha value is -1.93. The molecule has 6 atom stereocenters. The number of aliphatic hydroxyl groups is 3. The van der Waals surface area contributed by atoms with Crippen molar-refractivity contribution in [2.75, 3.05) is 18.6 Å². The number of amides is 3. The molecule has 3 amide bonds. The van der Waals surface area contributed by atoms with Crippen LogP contribution in [0.3, 0.4) is 0 Å². The molecule has 9 N–H and O–H groups in total. The second kappa shape index (κ2) is 13.3. The van der Waals surface area contributed by atoms with Gasteiger partial charge in [-0.2, -0.15) is 11.8 Å². The minimum absolute atomic E-state index is 0.346. The molecule has 12 nitrogen and oxygen atoms in total. The average molecular weight is 439 g/mol. The highest BCUT2D eigenvalue weighted by atomic mass is 32.2. The van der Waals surface area contributed by atoms with Crippen LogP contribution in [0.1, 0.15) is 20.3 Å². The summed E-state index contributed by atoms with van der Waals surface area (Å²) < 4.78 is 0.